The average molecular weight is 665 g/mol. The van der Waals surface area contributed by atoms with Crippen LogP contribution in [0.4, 0.5) is 5.69 Å². The highest BCUT2D eigenvalue weighted by Crippen LogP contribution is 2.32. The number of hydrogen-bond donors (Lipinski definition) is 1. The Morgan fingerprint density at radius 2 is 1.73 bits per heavy atom. The number of sulfonamides is 1. The number of halogens is 2. The molecule has 0 heterocycles. The number of methoxy groups -OCH3 is 1. The molecular formula is C30H35BrClN3O5S. The molecule has 8 nitrogen and oxygen atoms in total. The molecule has 41 heavy (non-hydrogen) atoms. The van der Waals surface area contributed by atoms with E-state index in [9.17, 15) is 18.0 Å². The van der Waals surface area contributed by atoms with Crippen LogP contribution in [0.1, 0.15) is 38.3 Å². The van der Waals surface area contributed by atoms with Gasteiger partial charge in [0.1, 0.15) is 18.3 Å². The number of hydrogen-bond acceptors (Lipinski definition) is 5. The molecule has 2 atom stereocenters. The van der Waals surface area contributed by atoms with Crippen LogP contribution in [0.3, 0.4) is 0 Å². The lowest BCUT2D eigenvalue weighted by molar-refractivity contribution is -0.139. The topological polar surface area (TPSA) is 96.0 Å². The van der Waals surface area contributed by atoms with E-state index in [1.165, 1.54) is 36.3 Å². The maximum atomic E-state index is 14.0. The first-order chi connectivity index (χ1) is 19.4. The monoisotopic (exact) mass is 663 g/mol. The van der Waals surface area contributed by atoms with Crippen molar-refractivity contribution in [3.63, 3.8) is 0 Å². The summed E-state index contributed by atoms with van der Waals surface area (Å²) in [5.74, 6) is -0.524. The minimum Gasteiger partial charge on any atom is -0.495 e. The molecule has 220 valence electrons. The minimum absolute atomic E-state index is 0.0175. The number of nitrogens with zero attached hydrogens (tertiary/aromatic N) is 2. The van der Waals surface area contributed by atoms with Gasteiger partial charge in [-0.05, 0) is 75.2 Å². The van der Waals surface area contributed by atoms with E-state index in [1.54, 1.807) is 25.1 Å². The molecule has 0 spiro atoms. The van der Waals surface area contributed by atoms with Gasteiger partial charge in [-0.25, -0.2) is 8.42 Å². The van der Waals surface area contributed by atoms with Crippen molar-refractivity contribution >= 4 is 55.1 Å². The predicted molar refractivity (Wildman–Crippen MR) is 166 cm³/mol. The zero-order valence-corrected chi connectivity index (χ0v) is 26.9. The highest BCUT2D eigenvalue weighted by molar-refractivity contribution is 9.10. The maximum Gasteiger partial charge on any atom is 0.264 e. The second-order valence-corrected chi connectivity index (χ2v) is 13.0. The molecule has 0 saturated heterocycles. The van der Waals surface area contributed by atoms with Crippen molar-refractivity contribution in [2.75, 3.05) is 18.0 Å². The first-order valence-electron chi connectivity index (χ1n) is 13.1. The predicted octanol–water partition coefficient (Wildman–Crippen LogP) is 5.95. The van der Waals surface area contributed by atoms with Crippen LogP contribution in [0.2, 0.25) is 5.02 Å². The Kier molecular flexibility index (Phi) is 11.2. The number of nitrogens with one attached hydrogen (secondary N) is 1. The van der Waals surface area contributed by atoms with Gasteiger partial charge < -0.3 is 15.0 Å². The number of aryl methyl sites for hydroxylation is 1. The third-order valence-electron chi connectivity index (χ3n) is 6.72. The molecule has 0 aromatic heterocycles. The molecule has 0 aliphatic rings. The molecule has 1 N–H and O–H groups in total. The SMILES string of the molecule is CC[C@@H](C)NC(=O)[C@@H](C)N(Cc1cccc(Br)c1)C(=O)CN(c1ccc(OC)c(Cl)c1)S(=O)(=O)c1ccc(C)cc1. The Bertz CT molecular complexity index is 1480. The number of carbonyl (C=O) groups is 2. The third-order valence-corrected chi connectivity index (χ3v) is 9.30. The second-order valence-electron chi connectivity index (χ2n) is 9.79. The molecule has 0 fully saturated rings. The van der Waals surface area contributed by atoms with Crippen molar-refractivity contribution in [3.05, 3.63) is 87.4 Å². The summed E-state index contributed by atoms with van der Waals surface area (Å²) < 4.78 is 35.0. The van der Waals surface area contributed by atoms with E-state index in [-0.39, 0.29) is 34.1 Å². The Labute approximate surface area is 255 Å². The molecule has 3 aromatic carbocycles. The molecule has 2 amide bonds. The van der Waals surface area contributed by atoms with Crippen molar-refractivity contribution in [1.29, 1.82) is 0 Å². The summed E-state index contributed by atoms with van der Waals surface area (Å²) in [6, 6.07) is 17.3. The Morgan fingerprint density at radius 1 is 1.05 bits per heavy atom. The summed E-state index contributed by atoms with van der Waals surface area (Å²) in [6.07, 6.45) is 0.721. The molecule has 3 aromatic rings. The Hall–Kier alpha value is -3.08. The number of ether oxygens (including phenoxy) is 1. The highest BCUT2D eigenvalue weighted by atomic mass is 79.9. The van der Waals surface area contributed by atoms with Gasteiger partial charge in [0.25, 0.3) is 10.0 Å². The molecular weight excluding hydrogens is 630 g/mol. The van der Waals surface area contributed by atoms with E-state index in [0.29, 0.717) is 5.75 Å². The standard InChI is InChI=1S/C30H35BrClN3O5S/c1-6-21(3)33-30(37)22(4)34(18-23-8-7-9-24(31)16-23)29(36)19-35(25-12-15-28(40-5)27(32)17-25)41(38,39)26-13-10-20(2)11-14-26/h7-17,21-22H,6,18-19H2,1-5H3,(H,33,37)/t21-,22-/m1/s1. The lowest BCUT2D eigenvalue weighted by Gasteiger charge is -2.32. The van der Waals surface area contributed by atoms with Gasteiger partial charge in [-0.15, -0.1) is 0 Å². The third kappa shape index (κ3) is 8.24. The molecule has 0 bridgehead atoms. The lowest BCUT2D eigenvalue weighted by atomic mass is 10.1. The van der Waals surface area contributed by atoms with Crippen molar-refractivity contribution in [2.45, 2.75) is 57.6 Å². The maximum absolute atomic E-state index is 14.0. The fourth-order valence-electron chi connectivity index (χ4n) is 4.06. The molecule has 0 aliphatic heterocycles. The Balaban J connectivity index is 2.06. The zero-order valence-electron chi connectivity index (χ0n) is 23.7. The fraction of sp³-hybridized carbons (Fsp3) is 0.333. The fourth-order valence-corrected chi connectivity index (χ4v) is 6.16. The normalized spacial score (nSPS) is 12.8. The number of amides is 2. The van der Waals surface area contributed by atoms with E-state index >= 15 is 0 Å². The van der Waals surface area contributed by atoms with Gasteiger partial charge in [0.2, 0.25) is 11.8 Å². The zero-order chi connectivity index (χ0) is 30.3. The quantitative estimate of drug-likeness (QED) is 0.258. The van der Waals surface area contributed by atoms with Gasteiger partial charge in [-0.2, -0.15) is 0 Å². The van der Waals surface area contributed by atoms with Crippen LogP contribution in [-0.4, -0.2) is 50.9 Å². The number of anilines is 1. The van der Waals surface area contributed by atoms with Crippen LogP contribution < -0.4 is 14.4 Å². The first-order valence-corrected chi connectivity index (χ1v) is 15.8. The van der Waals surface area contributed by atoms with Crippen LogP contribution in [-0.2, 0) is 26.2 Å². The molecule has 0 unspecified atom stereocenters. The first kappa shape index (κ1) is 32.4. The van der Waals surface area contributed by atoms with Gasteiger partial charge in [0.05, 0.1) is 22.7 Å². The number of rotatable bonds is 12. The molecule has 3 rings (SSSR count). The second kappa shape index (κ2) is 14.2. The number of carbonyl (C=O) groups excluding carboxylic acids is 2. The van der Waals surface area contributed by atoms with Gasteiger partial charge in [0.15, 0.2) is 0 Å². The summed E-state index contributed by atoms with van der Waals surface area (Å²) in [7, 11) is -2.75. The summed E-state index contributed by atoms with van der Waals surface area (Å²) in [5, 5.41) is 3.11. The van der Waals surface area contributed by atoms with E-state index in [4.69, 9.17) is 16.3 Å². The van der Waals surface area contributed by atoms with Gasteiger partial charge in [-0.1, -0.05) is 64.3 Å². The van der Waals surface area contributed by atoms with Gasteiger partial charge >= 0.3 is 0 Å². The van der Waals surface area contributed by atoms with E-state index in [0.717, 1.165) is 26.3 Å². The minimum atomic E-state index is -4.21. The lowest BCUT2D eigenvalue weighted by Crippen LogP contribution is -2.52. The van der Waals surface area contributed by atoms with Crippen LogP contribution >= 0.6 is 27.5 Å². The highest BCUT2D eigenvalue weighted by Gasteiger charge is 2.33. The van der Waals surface area contributed by atoms with Crippen LogP contribution in [0.15, 0.2) is 76.1 Å². The summed E-state index contributed by atoms with van der Waals surface area (Å²) in [4.78, 5) is 28.6. The number of benzene rings is 3. The molecule has 0 saturated carbocycles. The molecule has 11 heteroatoms. The smallest absolute Gasteiger partial charge is 0.264 e. The van der Waals surface area contributed by atoms with Crippen LogP contribution in [0.25, 0.3) is 0 Å². The van der Waals surface area contributed by atoms with Crippen molar-refractivity contribution in [2.24, 2.45) is 0 Å². The van der Waals surface area contributed by atoms with E-state index < -0.39 is 28.5 Å². The van der Waals surface area contributed by atoms with E-state index in [2.05, 4.69) is 21.2 Å². The van der Waals surface area contributed by atoms with Crippen LogP contribution in [0, 0.1) is 6.92 Å². The van der Waals surface area contributed by atoms with Gasteiger partial charge in [-0.3, -0.25) is 13.9 Å². The van der Waals surface area contributed by atoms with Gasteiger partial charge in [0, 0.05) is 17.1 Å². The van der Waals surface area contributed by atoms with Crippen molar-refractivity contribution in [3.8, 4) is 5.75 Å². The summed E-state index contributed by atoms with van der Waals surface area (Å²) in [6.45, 7) is 6.86. The van der Waals surface area contributed by atoms with Crippen LogP contribution in [0.5, 0.6) is 5.75 Å². The van der Waals surface area contributed by atoms with E-state index in [1.807, 2.05) is 45.0 Å². The molecule has 0 aliphatic carbocycles. The Morgan fingerprint density at radius 3 is 2.32 bits per heavy atom. The molecule has 0 radical (unpaired) electrons. The summed E-state index contributed by atoms with van der Waals surface area (Å²) >= 11 is 9.82. The largest absolute Gasteiger partial charge is 0.495 e. The van der Waals surface area contributed by atoms with Crippen molar-refractivity contribution < 1.29 is 22.7 Å². The average Bonchev–Trinajstić information content (AvgIpc) is 2.94. The summed E-state index contributed by atoms with van der Waals surface area (Å²) in [5.41, 5.74) is 1.85. The van der Waals surface area contributed by atoms with Crippen molar-refractivity contribution in [1.82, 2.24) is 10.2 Å².